The predicted molar refractivity (Wildman–Crippen MR) is 150 cm³/mol. The summed E-state index contributed by atoms with van der Waals surface area (Å²) in [6, 6.07) is 38.2. The van der Waals surface area contributed by atoms with Crippen LogP contribution in [0.2, 0.25) is 0 Å². The molecule has 0 saturated carbocycles. The van der Waals surface area contributed by atoms with E-state index in [2.05, 4.69) is 119 Å². The van der Waals surface area contributed by atoms with Gasteiger partial charge < -0.3 is 8.97 Å². The van der Waals surface area contributed by atoms with Gasteiger partial charge in [-0.25, -0.2) is 0 Å². The van der Waals surface area contributed by atoms with E-state index in [1.165, 1.54) is 81.4 Å². The lowest BCUT2D eigenvalue weighted by Gasteiger charge is -2.09. The Kier molecular flexibility index (Phi) is 3.02. The lowest BCUT2D eigenvalue weighted by Crippen LogP contribution is -1.89. The summed E-state index contributed by atoms with van der Waals surface area (Å²) in [4.78, 5) is 0. The third kappa shape index (κ3) is 1.92. The van der Waals surface area contributed by atoms with Crippen LogP contribution in [0.1, 0.15) is 0 Å². The number of aryl methyl sites for hydroxylation is 1. The number of fused-ring (bicyclic) bond motifs is 10. The molecular weight excluding hydrogens is 424 g/mol. The molecule has 0 saturated heterocycles. The van der Waals surface area contributed by atoms with E-state index in [9.17, 15) is 0 Å². The van der Waals surface area contributed by atoms with Crippen LogP contribution < -0.4 is 0 Å². The maximum atomic E-state index is 2.57. The second kappa shape index (κ2) is 5.92. The first-order chi connectivity index (χ1) is 17.3. The van der Waals surface area contributed by atoms with Crippen molar-refractivity contribution in [1.82, 2.24) is 8.97 Å². The summed E-state index contributed by atoms with van der Waals surface area (Å²) in [7, 11) is 2.19. The van der Waals surface area contributed by atoms with Crippen LogP contribution >= 0.6 is 0 Å². The standard InChI is InChI=1S/C33H20N2/c1-34-26-16-7-13-22-24-14-6-15-25-29-21-11-4-2-9-19(21)20-10-3-5-12-23(20)33(29)35(32(24)25)28-18-8-17-27(34)31(28)30(22)26/h2-18H,1H3. The van der Waals surface area contributed by atoms with E-state index in [1.807, 2.05) is 0 Å². The number of hydrogen-bond acceptors (Lipinski definition) is 0. The van der Waals surface area contributed by atoms with Crippen molar-refractivity contribution in [3.05, 3.63) is 103 Å². The maximum absolute atomic E-state index is 2.57. The zero-order valence-corrected chi connectivity index (χ0v) is 19.2. The van der Waals surface area contributed by atoms with Crippen LogP contribution in [0.3, 0.4) is 0 Å². The van der Waals surface area contributed by atoms with Crippen LogP contribution in [0.4, 0.5) is 0 Å². The Balaban J connectivity index is 1.81. The number of nitrogens with zero attached hydrogens (tertiary/aromatic N) is 2. The third-order valence-corrected chi connectivity index (χ3v) is 8.22. The highest BCUT2D eigenvalue weighted by Crippen LogP contribution is 2.46. The first-order valence-corrected chi connectivity index (χ1v) is 12.2. The van der Waals surface area contributed by atoms with Crippen LogP contribution in [0, 0.1) is 0 Å². The lowest BCUT2D eigenvalue weighted by atomic mass is 9.96. The van der Waals surface area contributed by atoms with E-state index in [0.717, 1.165) is 0 Å². The molecule has 0 aliphatic heterocycles. The highest BCUT2D eigenvalue weighted by Gasteiger charge is 2.22. The average molecular weight is 445 g/mol. The second-order valence-corrected chi connectivity index (χ2v) is 9.78. The topological polar surface area (TPSA) is 9.34 Å². The van der Waals surface area contributed by atoms with Crippen molar-refractivity contribution >= 4 is 81.4 Å². The van der Waals surface area contributed by atoms with Gasteiger partial charge in [0.15, 0.2) is 0 Å². The van der Waals surface area contributed by atoms with Crippen LogP contribution in [0.25, 0.3) is 81.4 Å². The van der Waals surface area contributed by atoms with Crippen molar-refractivity contribution in [3.8, 4) is 0 Å². The Hall–Kier alpha value is -4.56. The van der Waals surface area contributed by atoms with Gasteiger partial charge in [0.2, 0.25) is 0 Å². The molecule has 0 aliphatic carbocycles. The van der Waals surface area contributed by atoms with Crippen molar-refractivity contribution < 1.29 is 0 Å². The van der Waals surface area contributed by atoms with Crippen molar-refractivity contribution in [2.75, 3.05) is 0 Å². The Morgan fingerprint density at radius 2 is 0.857 bits per heavy atom. The SMILES string of the molecule is Cn1c2cccc3c4cccc5c6c7ccccc7c7ccccc7c6n(c6cccc1c6c32)c45. The molecule has 3 heterocycles. The Bertz CT molecular complexity index is 2330. The molecule has 0 unspecified atom stereocenters. The average Bonchev–Trinajstić information content (AvgIpc) is 3.37. The summed E-state index contributed by atoms with van der Waals surface area (Å²) in [5.74, 6) is 0. The van der Waals surface area contributed by atoms with Gasteiger partial charge in [-0.15, -0.1) is 0 Å². The molecular formula is C33H20N2. The minimum atomic E-state index is 1.27. The zero-order chi connectivity index (χ0) is 22.8. The van der Waals surface area contributed by atoms with Crippen LogP contribution in [0.15, 0.2) is 103 Å². The smallest absolute Gasteiger partial charge is 0.0626 e. The number of rotatable bonds is 0. The number of para-hydroxylation sites is 1. The highest BCUT2D eigenvalue weighted by molar-refractivity contribution is 6.37. The molecule has 0 atom stereocenters. The molecule has 6 aromatic carbocycles. The van der Waals surface area contributed by atoms with Gasteiger partial charge in [0.1, 0.15) is 0 Å². The van der Waals surface area contributed by atoms with Crippen LogP contribution in [-0.2, 0) is 7.05 Å². The first kappa shape index (κ1) is 17.9. The Morgan fingerprint density at radius 3 is 1.69 bits per heavy atom. The van der Waals surface area contributed by atoms with Crippen LogP contribution in [-0.4, -0.2) is 8.97 Å². The van der Waals surface area contributed by atoms with E-state index < -0.39 is 0 Å². The summed E-state index contributed by atoms with van der Waals surface area (Å²) in [5.41, 5.74) is 6.44. The largest absolute Gasteiger partial charge is 0.344 e. The van der Waals surface area contributed by atoms with Crippen LogP contribution in [0.5, 0.6) is 0 Å². The molecule has 2 nitrogen and oxygen atoms in total. The van der Waals surface area contributed by atoms with Gasteiger partial charge in [-0.2, -0.15) is 0 Å². The van der Waals surface area contributed by atoms with Crippen molar-refractivity contribution in [2.45, 2.75) is 0 Å². The van der Waals surface area contributed by atoms with Gasteiger partial charge in [-0.3, -0.25) is 0 Å². The van der Waals surface area contributed by atoms with Crippen molar-refractivity contribution in [1.29, 1.82) is 0 Å². The molecule has 3 aromatic heterocycles. The van der Waals surface area contributed by atoms with Crippen molar-refractivity contribution in [2.24, 2.45) is 7.05 Å². The fraction of sp³-hybridized carbons (Fsp3) is 0.0303. The van der Waals surface area contributed by atoms with E-state index in [1.54, 1.807) is 0 Å². The molecule has 35 heavy (non-hydrogen) atoms. The molecule has 0 spiro atoms. The third-order valence-electron chi connectivity index (χ3n) is 8.22. The molecule has 0 radical (unpaired) electrons. The number of hydrogen-bond donors (Lipinski definition) is 0. The van der Waals surface area contributed by atoms with Gasteiger partial charge in [-0.1, -0.05) is 84.9 Å². The number of aromatic nitrogens is 2. The predicted octanol–water partition coefficient (Wildman–Crippen LogP) is 8.79. The summed E-state index contributed by atoms with van der Waals surface area (Å²) >= 11 is 0. The summed E-state index contributed by atoms with van der Waals surface area (Å²) < 4.78 is 4.92. The summed E-state index contributed by atoms with van der Waals surface area (Å²) in [6.07, 6.45) is 0. The second-order valence-electron chi connectivity index (χ2n) is 9.78. The molecule has 0 N–H and O–H groups in total. The number of benzene rings is 6. The molecule has 9 rings (SSSR count). The zero-order valence-electron chi connectivity index (χ0n) is 19.2. The molecule has 0 aliphatic rings. The molecule has 0 fully saturated rings. The minimum absolute atomic E-state index is 1.27. The highest BCUT2D eigenvalue weighted by atomic mass is 15.0. The summed E-state index contributed by atoms with van der Waals surface area (Å²) in [5, 5.41) is 13.2. The normalized spacial score (nSPS) is 12.7. The molecule has 2 heteroatoms. The Labute approximate surface area is 200 Å². The van der Waals surface area contributed by atoms with Gasteiger partial charge in [0.05, 0.1) is 22.1 Å². The maximum Gasteiger partial charge on any atom is 0.0626 e. The van der Waals surface area contributed by atoms with Gasteiger partial charge in [0.25, 0.3) is 0 Å². The quantitative estimate of drug-likeness (QED) is 0.207. The Morgan fingerprint density at radius 1 is 0.371 bits per heavy atom. The van der Waals surface area contributed by atoms with Crippen molar-refractivity contribution in [3.63, 3.8) is 0 Å². The van der Waals surface area contributed by atoms with E-state index in [4.69, 9.17) is 0 Å². The molecule has 162 valence electrons. The fourth-order valence-corrected chi connectivity index (χ4v) is 6.87. The van der Waals surface area contributed by atoms with E-state index in [-0.39, 0.29) is 0 Å². The molecule has 0 amide bonds. The van der Waals surface area contributed by atoms with Gasteiger partial charge in [-0.05, 0) is 39.7 Å². The monoisotopic (exact) mass is 444 g/mol. The summed E-state index contributed by atoms with van der Waals surface area (Å²) in [6.45, 7) is 0. The fourth-order valence-electron chi connectivity index (χ4n) is 6.87. The molecule has 0 bridgehead atoms. The van der Waals surface area contributed by atoms with Gasteiger partial charge >= 0.3 is 0 Å². The molecule has 9 aromatic rings. The first-order valence-electron chi connectivity index (χ1n) is 12.2. The lowest BCUT2D eigenvalue weighted by molar-refractivity contribution is 1.01. The van der Waals surface area contributed by atoms with E-state index in [0.29, 0.717) is 0 Å². The van der Waals surface area contributed by atoms with Gasteiger partial charge in [0, 0.05) is 44.9 Å². The van der Waals surface area contributed by atoms with E-state index >= 15 is 0 Å². The minimum Gasteiger partial charge on any atom is -0.344 e.